The molecule has 0 bridgehead atoms. The lowest BCUT2D eigenvalue weighted by atomic mass is 9.76. The van der Waals surface area contributed by atoms with Gasteiger partial charge in [0, 0.05) is 0 Å². The summed E-state index contributed by atoms with van der Waals surface area (Å²) in [4.78, 5) is 51.1. The third-order valence-corrected chi connectivity index (χ3v) is 6.39. The highest BCUT2D eigenvalue weighted by atomic mass is 19.4. The SMILES string of the molecule is C[C@@H]1CC[C@@H]2C(=O)N(c3ccc(C(=O)OCC(=O)Nc4ccccc4C(F)(F)F)cc3)C(=O)[C@@H]2C1. The van der Waals surface area contributed by atoms with Crippen molar-refractivity contribution in [2.75, 3.05) is 16.8 Å². The molecule has 7 nitrogen and oxygen atoms in total. The van der Waals surface area contributed by atoms with E-state index in [1.165, 1.54) is 36.4 Å². The minimum absolute atomic E-state index is 0.0578. The van der Waals surface area contributed by atoms with Gasteiger partial charge in [0.05, 0.1) is 34.3 Å². The van der Waals surface area contributed by atoms with E-state index in [2.05, 4.69) is 12.2 Å². The number of hydrogen-bond donors (Lipinski definition) is 1. The van der Waals surface area contributed by atoms with E-state index in [-0.39, 0.29) is 29.2 Å². The molecule has 0 spiro atoms. The molecule has 3 atom stereocenters. The Bertz CT molecular complexity index is 1160. The maximum atomic E-state index is 13.0. The molecule has 2 aliphatic rings. The highest BCUT2D eigenvalue weighted by Gasteiger charge is 2.49. The molecular weight excluding hydrogens is 465 g/mol. The van der Waals surface area contributed by atoms with E-state index in [1.54, 1.807) is 0 Å². The Labute approximate surface area is 199 Å². The molecule has 1 N–H and O–H groups in total. The van der Waals surface area contributed by atoms with Gasteiger partial charge in [-0.05, 0) is 61.6 Å². The van der Waals surface area contributed by atoms with Crippen LogP contribution in [0.25, 0.3) is 0 Å². The Morgan fingerprint density at radius 2 is 1.66 bits per heavy atom. The lowest BCUT2D eigenvalue weighted by Gasteiger charge is -2.25. The number of fused-ring (bicyclic) bond motifs is 1. The minimum Gasteiger partial charge on any atom is -0.452 e. The normalized spacial score (nSPS) is 22.1. The number of carbonyl (C=O) groups is 4. The van der Waals surface area contributed by atoms with Gasteiger partial charge < -0.3 is 10.1 Å². The van der Waals surface area contributed by atoms with Gasteiger partial charge in [0.25, 0.3) is 5.91 Å². The van der Waals surface area contributed by atoms with Crippen LogP contribution in [0.1, 0.15) is 42.1 Å². The number of esters is 1. The molecule has 1 aliphatic carbocycles. The molecular formula is C25H23F3N2O5. The molecule has 1 heterocycles. The van der Waals surface area contributed by atoms with Gasteiger partial charge >= 0.3 is 12.1 Å². The monoisotopic (exact) mass is 488 g/mol. The Hall–Kier alpha value is -3.69. The van der Waals surface area contributed by atoms with Gasteiger partial charge in [-0.15, -0.1) is 0 Å². The first-order chi connectivity index (χ1) is 16.6. The highest BCUT2D eigenvalue weighted by molar-refractivity contribution is 6.22. The van der Waals surface area contributed by atoms with E-state index in [4.69, 9.17) is 4.74 Å². The number of nitrogens with one attached hydrogen (secondary N) is 1. The van der Waals surface area contributed by atoms with E-state index in [0.717, 1.165) is 23.5 Å². The molecule has 1 saturated carbocycles. The second-order valence-corrected chi connectivity index (χ2v) is 8.86. The average Bonchev–Trinajstić information content (AvgIpc) is 3.06. The van der Waals surface area contributed by atoms with Crippen molar-refractivity contribution in [3.63, 3.8) is 0 Å². The summed E-state index contributed by atoms with van der Waals surface area (Å²) in [5, 5.41) is 2.09. The lowest BCUT2D eigenvalue weighted by molar-refractivity contribution is -0.137. The van der Waals surface area contributed by atoms with Crippen LogP contribution in [0.4, 0.5) is 24.5 Å². The highest BCUT2D eigenvalue weighted by Crippen LogP contribution is 2.42. The van der Waals surface area contributed by atoms with E-state index >= 15 is 0 Å². The van der Waals surface area contributed by atoms with Crippen molar-refractivity contribution >= 4 is 35.1 Å². The standard InChI is InChI=1S/C25H23F3N2O5/c1-14-6-11-17-18(12-14)23(33)30(22(17)32)16-9-7-15(8-10-16)24(34)35-13-21(31)29-20-5-3-2-4-19(20)25(26,27)28/h2-5,7-10,14,17-18H,6,11-13H2,1H3,(H,29,31)/t14-,17+,18-/m1/s1. The Balaban J connectivity index is 1.37. The summed E-state index contributed by atoms with van der Waals surface area (Å²) in [5.74, 6) is -2.55. The first kappa shape index (κ1) is 24.4. The molecule has 0 unspecified atom stereocenters. The number of carbonyl (C=O) groups excluding carboxylic acids is 4. The zero-order valence-electron chi connectivity index (χ0n) is 18.8. The summed E-state index contributed by atoms with van der Waals surface area (Å²) in [6.45, 7) is 1.27. The van der Waals surface area contributed by atoms with Crippen LogP contribution in [0, 0.1) is 17.8 Å². The number of hydrogen-bond acceptors (Lipinski definition) is 5. The third kappa shape index (κ3) is 5.06. The van der Waals surface area contributed by atoms with Crippen molar-refractivity contribution in [3.05, 3.63) is 59.7 Å². The van der Waals surface area contributed by atoms with Crippen LogP contribution in [-0.4, -0.2) is 30.3 Å². The van der Waals surface area contributed by atoms with E-state index in [9.17, 15) is 32.3 Å². The first-order valence-electron chi connectivity index (χ1n) is 11.2. The molecule has 10 heteroatoms. The van der Waals surface area contributed by atoms with Gasteiger partial charge in [-0.1, -0.05) is 19.1 Å². The molecule has 4 rings (SSSR count). The molecule has 0 aromatic heterocycles. The summed E-state index contributed by atoms with van der Waals surface area (Å²) < 4.78 is 44.1. The van der Waals surface area contributed by atoms with Crippen LogP contribution >= 0.6 is 0 Å². The van der Waals surface area contributed by atoms with Gasteiger partial charge in [0.2, 0.25) is 11.8 Å². The number of alkyl halides is 3. The molecule has 35 heavy (non-hydrogen) atoms. The predicted octanol–water partition coefficient (Wildman–Crippen LogP) is 4.43. The van der Waals surface area contributed by atoms with Crippen molar-refractivity contribution in [2.45, 2.75) is 32.4 Å². The number of halogens is 3. The summed E-state index contributed by atoms with van der Waals surface area (Å²) >= 11 is 0. The molecule has 1 aliphatic heterocycles. The van der Waals surface area contributed by atoms with Crippen LogP contribution in [0.2, 0.25) is 0 Å². The minimum atomic E-state index is -4.66. The Morgan fingerprint density at radius 3 is 2.34 bits per heavy atom. The number of nitrogens with zero attached hydrogens (tertiary/aromatic N) is 1. The summed E-state index contributed by atoms with van der Waals surface area (Å²) in [6, 6.07) is 10.1. The number of amides is 3. The van der Waals surface area contributed by atoms with Crippen molar-refractivity contribution in [3.8, 4) is 0 Å². The lowest BCUT2D eigenvalue weighted by Crippen LogP contribution is -2.30. The Morgan fingerprint density at radius 1 is 1.00 bits per heavy atom. The molecule has 2 aromatic carbocycles. The number of imide groups is 1. The second-order valence-electron chi connectivity index (χ2n) is 8.86. The molecule has 2 aromatic rings. The summed E-state index contributed by atoms with van der Waals surface area (Å²) in [6.07, 6.45) is -2.41. The van der Waals surface area contributed by atoms with Gasteiger partial charge in [-0.3, -0.25) is 19.3 Å². The maximum Gasteiger partial charge on any atom is 0.418 e. The zero-order chi connectivity index (χ0) is 25.3. The maximum absolute atomic E-state index is 13.0. The number of rotatable bonds is 5. The molecule has 1 saturated heterocycles. The largest absolute Gasteiger partial charge is 0.452 e. The van der Waals surface area contributed by atoms with Crippen LogP contribution < -0.4 is 10.2 Å². The van der Waals surface area contributed by atoms with Crippen LogP contribution in [0.15, 0.2) is 48.5 Å². The topological polar surface area (TPSA) is 92.8 Å². The van der Waals surface area contributed by atoms with Gasteiger partial charge in [0.15, 0.2) is 6.61 Å². The summed E-state index contributed by atoms with van der Waals surface area (Å²) in [7, 11) is 0. The van der Waals surface area contributed by atoms with E-state index in [1.807, 2.05) is 0 Å². The van der Waals surface area contributed by atoms with Gasteiger partial charge in [-0.25, -0.2) is 4.79 Å². The number of para-hydroxylation sites is 1. The van der Waals surface area contributed by atoms with Crippen LogP contribution in [-0.2, 0) is 25.3 Å². The van der Waals surface area contributed by atoms with Crippen molar-refractivity contribution in [1.82, 2.24) is 0 Å². The van der Waals surface area contributed by atoms with Gasteiger partial charge in [-0.2, -0.15) is 13.2 Å². The van der Waals surface area contributed by atoms with E-state index in [0.29, 0.717) is 24.4 Å². The summed E-state index contributed by atoms with van der Waals surface area (Å²) in [5.41, 5.74) is -1.06. The molecule has 3 amide bonds. The fourth-order valence-corrected chi connectivity index (χ4v) is 4.63. The second kappa shape index (κ2) is 9.52. The number of anilines is 2. The molecule has 2 fully saturated rings. The van der Waals surface area contributed by atoms with Crippen molar-refractivity contribution in [1.29, 1.82) is 0 Å². The quantitative estimate of drug-likeness (QED) is 0.497. The smallest absolute Gasteiger partial charge is 0.418 e. The first-order valence-corrected chi connectivity index (χ1v) is 11.2. The fraction of sp³-hybridized carbons (Fsp3) is 0.360. The van der Waals surface area contributed by atoms with E-state index < -0.39 is 35.9 Å². The van der Waals surface area contributed by atoms with Crippen LogP contribution in [0.3, 0.4) is 0 Å². The number of benzene rings is 2. The van der Waals surface area contributed by atoms with Crippen molar-refractivity contribution in [2.24, 2.45) is 17.8 Å². The van der Waals surface area contributed by atoms with Gasteiger partial charge in [0.1, 0.15) is 0 Å². The fourth-order valence-electron chi connectivity index (χ4n) is 4.63. The van der Waals surface area contributed by atoms with Crippen LogP contribution in [0.5, 0.6) is 0 Å². The predicted molar refractivity (Wildman–Crippen MR) is 119 cm³/mol. The number of ether oxygens (including phenoxy) is 1. The van der Waals surface area contributed by atoms with Crippen molar-refractivity contribution < 1.29 is 37.1 Å². The zero-order valence-corrected chi connectivity index (χ0v) is 18.8. The Kier molecular flexibility index (Phi) is 6.64. The third-order valence-electron chi connectivity index (χ3n) is 6.39. The average molecular weight is 488 g/mol. The molecule has 184 valence electrons. The molecule has 0 radical (unpaired) electrons.